The Bertz CT molecular complexity index is 769. The molecule has 0 aliphatic rings. The highest BCUT2D eigenvalue weighted by molar-refractivity contribution is 5.99. The van der Waals surface area contributed by atoms with E-state index in [1.165, 1.54) is 0 Å². The lowest BCUT2D eigenvalue weighted by atomic mass is 9.96. The van der Waals surface area contributed by atoms with Crippen molar-refractivity contribution < 1.29 is 19.8 Å². The minimum Gasteiger partial charge on any atom is -0.507 e. The van der Waals surface area contributed by atoms with E-state index >= 15 is 0 Å². The van der Waals surface area contributed by atoms with Crippen molar-refractivity contribution >= 4 is 11.6 Å². The second kappa shape index (κ2) is 11.4. The Morgan fingerprint density at radius 1 is 0.690 bits per heavy atom. The summed E-state index contributed by atoms with van der Waals surface area (Å²) >= 11 is 0. The maximum Gasteiger partial charge on any atom is 0.166 e. The number of phenols is 2. The van der Waals surface area contributed by atoms with Crippen molar-refractivity contribution in [2.45, 2.75) is 71.6 Å². The van der Waals surface area contributed by atoms with Gasteiger partial charge in [0.2, 0.25) is 0 Å². The van der Waals surface area contributed by atoms with Crippen LogP contribution in [0.5, 0.6) is 11.5 Å². The molecule has 0 aromatic heterocycles. The summed E-state index contributed by atoms with van der Waals surface area (Å²) in [5.41, 5.74) is 2.48. The van der Waals surface area contributed by atoms with Gasteiger partial charge < -0.3 is 10.2 Å². The van der Waals surface area contributed by atoms with E-state index in [4.69, 9.17) is 0 Å². The molecule has 0 fully saturated rings. The molecule has 0 saturated carbocycles. The molecule has 0 amide bonds. The van der Waals surface area contributed by atoms with Crippen molar-refractivity contribution in [3.05, 3.63) is 58.7 Å². The Balaban J connectivity index is 2.15. The highest BCUT2D eigenvalue weighted by Crippen LogP contribution is 2.26. The number of benzene rings is 2. The van der Waals surface area contributed by atoms with E-state index in [1.54, 1.807) is 36.4 Å². The molecule has 2 aromatic rings. The van der Waals surface area contributed by atoms with Crippen molar-refractivity contribution in [2.75, 3.05) is 0 Å². The lowest BCUT2D eigenvalue weighted by Crippen LogP contribution is -2.03. The smallest absolute Gasteiger partial charge is 0.166 e. The number of phenolic OH excluding ortho intramolecular Hbond substituents is 2. The summed E-state index contributed by atoms with van der Waals surface area (Å²) in [6.07, 6.45) is 7.09. The summed E-state index contributed by atoms with van der Waals surface area (Å²) in [6.45, 7) is 4.17. The standard InChI is InChI=1S/C25H32O4/c1-3-5-7-9-22(26)20-16-18(11-13-24(20)28)15-19-12-14-25(29)21(17-19)23(27)10-8-6-4-2/h11-14,16-17,28-29H,3-10,15H2,1-2H3. The molecule has 0 atom stereocenters. The molecular weight excluding hydrogens is 364 g/mol. The number of unbranched alkanes of at least 4 members (excludes halogenated alkanes) is 4. The van der Waals surface area contributed by atoms with E-state index in [-0.39, 0.29) is 23.1 Å². The first-order valence-corrected chi connectivity index (χ1v) is 10.7. The van der Waals surface area contributed by atoms with Crippen molar-refractivity contribution in [2.24, 2.45) is 0 Å². The molecule has 0 heterocycles. The monoisotopic (exact) mass is 396 g/mol. The van der Waals surface area contributed by atoms with E-state index in [9.17, 15) is 19.8 Å². The SMILES string of the molecule is CCCCCC(=O)c1cc(Cc2ccc(O)c(C(=O)CCCCC)c2)ccc1O. The number of Topliss-reactive ketones (excluding diaryl/α,β-unsaturated/α-hetero) is 2. The summed E-state index contributed by atoms with van der Waals surface area (Å²) in [5, 5.41) is 20.2. The largest absolute Gasteiger partial charge is 0.507 e. The van der Waals surface area contributed by atoms with Crippen LogP contribution in [0.4, 0.5) is 0 Å². The van der Waals surface area contributed by atoms with Crippen molar-refractivity contribution in [3.63, 3.8) is 0 Å². The first kappa shape index (κ1) is 22.7. The topological polar surface area (TPSA) is 74.6 Å². The molecule has 4 nitrogen and oxygen atoms in total. The van der Waals surface area contributed by atoms with Crippen LogP contribution in [0.1, 0.15) is 97.1 Å². The van der Waals surface area contributed by atoms with E-state index in [1.807, 2.05) is 0 Å². The molecule has 0 radical (unpaired) electrons. The van der Waals surface area contributed by atoms with Crippen LogP contribution in [0.2, 0.25) is 0 Å². The summed E-state index contributed by atoms with van der Waals surface area (Å²) in [5.74, 6) is -0.0777. The molecular formula is C25H32O4. The van der Waals surface area contributed by atoms with Crippen LogP contribution >= 0.6 is 0 Å². The summed E-state index contributed by atoms with van der Waals surface area (Å²) < 4.78 is 0. The first-order chi connectivity index (χ1) is 14.0. The zero-order valence-corrected chi connectivity index (χ0v) is 17.5. The van der Waals surface area contributed by atoms with Gasteiger partial charge in [-0.05, 0) is 54.7 Å². The van der Waals surface area contributed by atoms with Gasteiger partial charge in [0.1, 0.15) is 11.5 Å². The van der Waals surface area contributed by atoms with Gasteiger partial charge in [0.15, 0.2) is 11.6 Å². The van der Waals surface area contributed by atoms with Gasteiger partial charge in [-0.15, -0.1) is 0 Å². The van der Waals surface area contributed by atoms with Gasteiger partial charge in [-0.1, -0.05) is 51.7 Å². The third-order valence-electron chi connectivity index (χ3n) is 5.15. The van der Waals surface area contributed by atoms with Crippen LogP contribution in [0.15, 0.2) is 36.4 Å². The van der Waals surface area contributed by atoms with Gasteiger partial charge in [-0.3, -0.25) is 9.59 Å². The number of carbonyl (C=O) groups is 2. The molecule has 2 N–H and O–H groups in total. The number of aromatic hydroxyl groups is 2. The molecule has 0 aliphatic carbocycles. The maximum absolute atomic E-state index is 12.4. The lowest BCUT2D eigenvalue weighted by molar-refractivity contribution is 0.0968. The summed E-state index contributed by atoms with van der Waals surface area (Å²) in [6, 6.07) is 10.2. The first-order valence-electron chi connectivity index (χ1n) is 10.7. The van der Waals surface area contributed by atoms with E-state index in [0.29, 0.717) is 30.4 Å². The van der Waals surface area contributed by atoms with Gasteiger partial charge in [0.25, 0.3) is 0 Å². The molecule has 2 rings (SSSR count). The zero-order valence-electron chi connectivity index (χ0n) is 17.5. The number of hydrogen-bond donors (Lipinski definition) is 2. The Labute approximate surface area is 173 Å². The number of ketones is 2. The predicted octanol–water partition coefficient (Wildman–Crippen LogP) is 6.21. The van der Waals surface area contributed by atoms with Crippen LogP contribution in [0.25, 0.3) is 0 Å². The van der Waals surface area contributed by atoms with Crippen LogP contribution in [-0.4, -0.2) is 21.8 Å². The van der Waals surface area contributed by atoms with Crippen LogP contribution < -0.4 is 0 Å². The van der Waals surface area contributed by atoms with Gasteiger partial charge in [-0.25, -0.2) is 0 Å². The summed E-state index contributed by atoms with van der Waals surface area (Å²) in [7, 11) is 0. The number of rotatable bonds is 12. The minimum atomic E-state index is -0.0460. The quantitative estimate of drug-likeness (QED) is 0.330. The molecule has 0 aliphatic heterocycles. The molecule has 0 saturated heterocycles. The second-order valence-electron chi connectivity index (χ2n) is 7.64. The molecule has 2 aromatic carbocycles. The van der Waals surface area contributed by atoms with E-state index in [0.717, 1.165) is 49.7 Å². The lowest BCUT2D eigenvalue weighted by Gasteiger charge is -2.10. The average molecular weight is 397 g/mol. The van der Waals surface area contributed by atoms with Crippen LogP contribution in [0, 0.1) is 0 Å². The van der Waals surface area contributed by atoms with Gasteiger partial charge >= 0.3 is 0 Å². The molecule has 4 heteroatoms. The Morgan fingerprint density at radius 3 is 1.48 bits per heavy atom. The Kier molecular flexibility index (Phi) is 8.91. The van der Waals surface area contributed by atoms with E-state index in [2.05, 4.69) is 13.8 Å². The zero-order chi connectivity index (χ0) is 21.2. The van der Waals surface area contributed by atoms with Crippen molar-refractivity contribution in [1.29, 1.82) is 0 Å². The fourth-order valence-electron chi connectivity index (χ4n) is 3.41. The second-order valence-corrected chi connectivity index (χ2v) is 7.64. The predicted molar refractivity (Wildman–Crippen MR) is 116 cm³/mol. The van der Waals surface area contributed by atoms with Crippen LogP contribution in [-0.2, 0) is 6.42 Å². The molecule has 0 spiro atoms. The van der Waals surface area contributed by atoms with Crippen LogP contribution in [0.3, 0.4) is 0 Å². The molecule has 29 heavy (non-hydrogen) atoms. The third kappa shape index (κ3) is 6.74. The van der Waals surface area contributed by atoms with Gasteiger partial charge in [0, 0.05) is 12.8 Å². The van der Waals surface area contributed by atoms with Crippen molar-refractivity contribution in [3.8, 4) is 11.5 Å². The Morgan fingerprint density at radius 2 is 1.10 bits per heavy atom. The highest BCUT2D eigenvalue weighted by Gasteiger charge is 2.14. The fourth-order valence-corrected chi connectivity index (χ4v) is 3.41. The highest BCUT2D eigenvalue weighted by atomic mass is 16.3. The average Bonchev–Trinajstić information content (AvgIpc) is 2.71. The summed E-state index contributed by atoms with van der Waals surface area (Å²) in [4.78, 5) is 24.8. The molecule has 156 valence electrons. The van der Waals surface area contributed by atoms with E-state index < -0.39 is 0 Å². The minimum absolute atomic E-state index is 0.00717. The van der Waals surface area contributed by atoms with Crippen molar-refractivity contribution in [1.82, 2.24) is 0 Å². The Hall–Kier alpha value is -2.62. The normalized spacial score (nSPS) is 10.8. The number of carbonyl (C=O) groups excluding carboxylic acids is 2. The molecule has 0 unspecified atom stereocenters. The molecule has 0 bridgehead atoms. The number of hydrogen-bond acceptors (Lipinski definition) is 4. The van der Waals surface area contributed by atoms with Gasteiger partial charge in [-0.2, -0.15) is 0 Å². The third-order valence-corrected chi connectivity index (χ3v) is 5.15. The maximum atomic E-state index is 12.4. The fraction of sp³-hybridized carbons (Fsp3) is 0.440. The van der Waals surface area contributed by atoms with Gasteiger partial charge in [0.05, 0.1) is 11.1 Å².